The van der Waals surface area contributed by atoms with Gasteiger partial charge in [0, 0.05) is 5.02 Å². The molecule has 5 heteroatoms. The lowest BCUT2D eigenvalue weighted by Gasteiger charge is -2.14. The Kier molecular flexibility index (Phi) is 5.99. The van der Waals surface area contributed by atoms with Crippen molar-refractivity contribution in [3.05, 3.63) is 82.9 Å². The smallest absolute Gasteiger partial charge is 0.262 e. The topological polar surface area (TPSA) is 47.6 Å². The molecule has 0 saturated heterocycles. The van der Waals surface area contributed by atoms with Gasteiger partial charge >= 0.3 is 0 Å². The lowest BCUT2D eigenvalue weighted by molar-refractivity contribution is -0.118. The van der Waals surface area contributed by atoms with Gasteiger partial charge in [-0.15, -0.1) is 0 Å². The summed E-state index contributed by atoms with van der Waals surface area (Å²) < 4.78 is 11.5. The normalized spacial score (nSPS) is 10.3. The van der Waals surface area contributed by atoms with E-state index in [9.17, 15) is 4.79 Å². The van der Waals surface area contributed by atoms with Gasteiger partial charge in [-0.2, -0.15) is 0 Å². The third kappa shape index (κ3) is 5.25. The van der Waals surface area contributed by atoms with Crippen LogP contribution in [0.15, 0.2) is 66.7 Å². The highest BCUT2D eigenvalue weighted by Gasteiger charge is 2.11. The molecule has 0 saturated carbocycles. The van der Waals surface area contributed by atoms with E-state index in [-0.39, 0.29) is 12.5 Å². The molecule has 3 aromatic carbocycles. The zero-order valence-corrected chi connectivity index (χ0v) is 15.9. The van der Waals surface area contributed by atoms with Crippen LogP contribution in [0, 0.1) is 13.8 Å². The summed E-state index contributed by atoms with van der Waals surface area (Å²) in [5.74, 6) is 1.56. The molecule has 3 rings (SSSR count). The zero-order valence-electron chi connectivity index (χ0n) is 15.2. The minimum absolute atomic E-state index is 0.110. The number of carbonyl (C=O) groups is 1. The Hall–Kier alpha value is -2.98. The fourth-order valence-electron chi connectivity index (χ4n) is 2.60. The van der Waals surface area contributed by atoms with E-state index in [2.05, 4.69) is 5.32 Å². The van der Waals surface area contributed by atoms with E-state index in [0.717, 1.165) is 11.1 Å². The number of aryl methyl sites for hydroxylation is 2. The summed E-state index contributed by atoms with van der Waals surface area (Å²) in [6.45, 7) is 3.85. The van der Waals surface area contributed by atoms with Crippen LogP contribution in [0.25, 0.3) is 0 Å². The first kappa shape index (κ1) is 18.8. The third-order valence-electron chi connectivity index (χ3n) is 3.88. The zero-order chi connectivity index (χ0) is 19.2. The van der Waals surface area contributed by atoms with Gasteiger partial charge in [-0.1, -0.05) is 47.5 Å². The van der Waals surface area contributed by atoms with Crippen LogP contribution in [-0.2, 0) is 4.79 Å². The number of rotatable bonds is 6. The fourth-order valence-corrected chi connectivity index (χ4v) is 2.77. The number of hydrogen-bond acceptors (Lipinski definition) is 3. The van der Waals surface area contributed by atoms with Crippen LogP contribution in [-0.4, -0.2) is 12.5 Å². The van der Waals surface area contributed by atoms with Crippen molar-refractivity contribution in [2.45, 2.75) is 13.8 Å². The van der Waals surface area contributed by atoms with E-state index < -0.39 is 0 Å². The second-order valence-electron chi connectivity index (χ2n) is 6.16. The van der Waals surface area contributed by atoms with Crippen molar-refractivity contribution >= 4 is 23.2 Å². The highest BCUT2D eigenvalue weighted by Crippen LogP contribution is 2.32. The summed E-state index contributed by atoms with van der Waals surface area (Å²) in [6, 6.07) is 20.2. The van der Waals surface area contributed by atoms with Crippen molar-refractivity contribution in [1.82, 2.24) is 0 Å². The maximum Gasteiger partial charge on any atom is 0.262 e. The lowest BCUT2D eigenvalue weighted by Crippen LogP contribution is -2.20. The summed E-state index contributed by atoms with van der Waals surface area (Å²) in [5.41, 5.74) is 2.62. The van der Waals surface area contributed by atoms with Gasteiger partial charge in [-0.3, -0.25) is 4.79 Å². The first-order chi connectivity index (χ1) is 13.0. The van der Waals surface area contributed by atoms with E-state index in [1.54, 1.807) is 18.2 Å². The second-order valence-corrected chi connectivity index (χ2v) is 6.60. The molecule has 27 heavy (non-hydrogen) atoms. The number of nitrogens with one attached hydrogen (secondary N) is 1. The number of hydrogen-bond donors (Lipinski definition) is 1. The van der Waals surface area contributed by atoms with E-state index in [0.29, 0.717) is 28.0 Å². The van der Waals surface area contributed by atoms with Crippen molar-refractivity contribution < 1.29 is 14.3 Å². The van der Waals surface area contributed by atoms with Gasteiger partial charge in [-0.25, -0.2) is 0 Å². The number of carbonyl (C=O) groups excluding carboxylic acids is 1. The molecule has 3 aromatic rings. The van der Waals surface area contributed by atoms with Crippen LogP contribution in [0.5, 0.6) is 17.2 Å². The quantitative estimate of drug-likeness (QED) is 0.589. The number of benzene rings is 3. The summed E-state index contributed by atoms with van der Waals surface area (Å²) in [5, 5.41) is 3.30. The van der Waals surface area contributed by atoms with Gasteiger partial charge < -0.3 is 14.8 Å². The maximum atomic E-state index is 12.3. The van der Waals surface area contributed by atoms with Crippen LogP contribution in [0.1, 0.15) is 11.1 Å². The Morgan fingerprint density at radius 2 is 1.70 bits per heavy atom. The Morgan fingerprint density at radius 1 is 0.963 bits per heavy atom. The van der Waals surface area contributed by atoms with Gasteiger partial charge in [0.2, 0.25) is 0 Å². The number of halogens is 1. The predicted molar refractivity (Wildman–Crippen MR) is 108 cm³/mol. The SMILES string of the molecule is Cc1ccc(OCC(=O)Nc2cc(Cl)ccc2Oc2ccccc2)c(C)c1. The molecular weight excluding hydrogens is 362 g/mol. The molecule has 0 aliphatic heterocycles. The highest BCUT2D eigenvalue weighted by molar-refractivity contribution is 6.31. The van der Waals surface area contributed by atoms with Crippen LogP contribution in [0.2, 0.25) is 5.02 Å². The van der Waals surface area contributed by atoms with Crippen LogP contribution in [0.3, 0.4) is 0 Å². The van der Waals surface area contributed by atoms with E-state index in [4.69, 9.17) is 21.1 Å². The van der Waals surface area contributed by atoms with Crippen LogP contribution >= 0.6 is 11.6 Å². The molecular formula is C22H20ClNO3. The van der Waals surface area contributed by atoms with Gasteiger partial charge in [0.25, 0.3) is 5.91 Å². The fraction of sp³-hybridized carbons (Fsp3) is 0.136. The van der Waals surface area contributed by atoms with Gasteiger partial charge in [-0.05, 0) is 55.8 Å². The standard InChI is InChI=1S/C22H20ClNO3/c1-15-8-10-20(16(2)12-15)26-14-22(25)24-19-13-17(23)9-11-21(19)27-18-6-4-3-5-7-18/h3-13H,14H2,1-2H3,(H,24,25). The minimum Gasteiger partial charge on any atom is -0.483 e. The summed E-state index contributed by atoms with van der Waals surface area (Å²) >= 11 is 6.07. The maximum absolute atomic E-state index is 12.3. The third-order valence-corrected chi connectivity index (χ3v) is 4.11. The van der Waals surface area contributed by atoms with E-state index >= 15 is 0 Å². The molecule has 0 aliphatic carbocycles. The van der Waals surface area contributed by atoms with E-state index in [1.165, 1.54) is 0 Å². The largest absolute Gasteiger partial charge is 0.483 e. The second kappa shape index (κ2) is 8.60. The van der Waals surface area contributed by atoms with Crippen LogP contribution in [0.4, 0.5) is 5.69 Å². The highest BCUT2D eigenvalue weighted by atomic mass is 35.5. The summed E-state index contributed by atoms with van der Waals surface area (Å²) in [7, 11) is 0. The molecule has 0 bridgehead atoms. The molecule has 0 heterocycles. The van der Waals surface area contributed by atoms with Gasteiger partial charge in [0.05, 0.1) is 5.69 Å². The number of amides is 1. The van der Waals surface area contributed by atoms with Crippen molar-refractivity contribution in [3.63, 3.8) is 0 Å². The van der Waals surface area contributed by atoms with Crippen LogP contribution < -0.4 is 14.8 Å². The molecule has 0 radical (unpaired) electrons. The average molecular weight is 382 g/mol. The number of anilines is 1. The summed E-state index contributed by atoms with van der Waals surface area (Å²) in [4.78, 5) is 12.3. The molecule has 0 fully saturated rings. The molecule has 0 atom stereocenters. The van der Waals surface area contributed by atoms with Crippen molar-refractivity contribution in [3.8, 4) is 17.2 Å². The Balaban J connectivity index is 1.68. The Morgan fingerprint density at radius 3 is 2.44 bits per heavy atom. The van der Waals surface area contributed by atoms with Gasteiger partial charge in [0.1, 0.15) is 11.5 Å². The average Bonchev–Trinajstić information content (AvgIpc) is 2.64. The number of ether oxygens (including phenoxy) is 2. The molecule has 4 nitrogen and oxygen atoms in total. The minimum atomic E-state index is -0.296. The predicted octanol–water partition coefficient (Wildman–Crippen LogP) is 5.77. The Labute approximate surface area is 163 Å². The molecule has 138 valence electrons. The summed E-state index contributed by atoms with van der Waals surface area (Å²) in [6.07, 6.45) is 0. The molecule has 0 aliphatic rings. The molecule has 1 amide bonds. The molecule has 0 spiro atoms. The molecule has 1 N–H and O–H groups in total. The molecule has 0 unspecified atom stereocenters. The first-order valence-electron chi connectivity index (χ1n) is 8.53. The molecule has 0 aromatic heterocycles. The van der Waals surface area contributed by atoms with E-state index in [1.807, 2.05) is 62.4 Å². The van der Waals surface area contributed by atoms with Crippen molar-refractivity contribution in [1.29, 1.82) is 0 Å². The Bertz CT molecular complexity index is 942. The lowest BCUT2D eigenvalue weighted by atomic mass is 10.1. The number of para-hydroxylation sites is 1. The van der Waals surface area contributed by atoms with Gasteiger partial charge in [0.15, 0.2) is 12.4 Å². The monoisotopic (exact) mass is 381 g/mol. The van der Waals surface area contributed by atoms with Crippen molar-refractivity contribution in [2.75, 3.05) is 11.9 Å². The van der Waals surface area contributed by atoms with Crippen molar-refractivity contribution in [2.24, 2.45) is 0 Å². The first-order valence-corrected chi connectivity index (χ1v) is 8.91.